The molecule has 0 aliphatic carbocycles. The Morgan fingerprint density at radius 1 is 1.32 bits per heavy atom. The Morgan fingerprint density at radius 3 is 2.95 bits per heavy atom. The van der Waals surface area contributed by atoms with Gasteiger partial charge in [0.1, 0.15) is 5.69 Å². The lowest BCUT2D eigenvalue weighted by atomic mass is 10.1. The van der Waals surface area contributed by atoms with Crippen molar-refractivity contribution in [1.29, 1.82) is 0 Å². The van der Waals surface area contributed by atoms with E-state index in [1.54, 1.807) is 29.8 Å². The highest BCUT2D eigenvalue weighted by Crippen LogP contribution is 2.37. The topological polar surface area (TPSA) is 99.4 Å². The van der Waals surface area contributed by atoms with Gasteiger partial charge >= 0.3 is 5.97 Å². The van der Waals surface area contributed by atoms with Gasteiger partial charge in [0, 0.05) is 17.1 Å². The molecule has 1 N–H and O–H groups in total. The third-order valence-corrected chi connectivity index (χ3v) is 3.87. The molecule has 0 unspecified atom stereocenters. The number of hydrogen-bond donors (Lipinski definition) is 1. The number of ether oxygens (including phenoxy) is 2. The first-order valence-corrected chi connectivity index (χ1v) is 7.11. The van der Waals surface area contributed by atoms with Crippen LogP contribution in [0.1, 0.15) is 10.5 Å². The van der Waals surface area contributed by atoms with Gasteiger partial charge in [0.2, 0.25) is 11.9 Å². The summed E-state index contributed by atoms with van der Waals surface area (Å²) in [5, 5.41) is 19.3. The smallest absolute Gasteiger partial charge is 0.358 e. The molecule has 4 rings (SSSR count). The molecule has 0 radical (unpaired) electrons. The van der Waals surface area contributed by atoms with E-state index in [0.29, 0.717) is 27.9 Å². The summed E-state index contributed by atoms with van der Waals surface area (Å²) in [6.45, 7) is 0.147. The van der Waals surface area contributed by atoms with E-state index >= 15 is 0 Å². The Hall–Kier alpha value is -2.94. The standard InChI is InChI=1S/C13H8N4O4S/c18-12(19)10-11(17(16-15-10)13-14-3-4-22-13)7-1-2-8-9(5-7)21-6-20-8/h1-5H,6H2,(H,18,19). The number of rotatable bonds is 3. The minimum absolute atomic E-state index is 0.144. The van der Waals surface area contributed by atoms with Gasteiger partial charge in [-0.25, -0.2) is 9.78 Å². The van der Waals surface area contributed by atoms with Gasteiger partial charge in [0.15, 0.2) is 17.2 Å². The molecule has 0 atom stereocenters. The first kappa shape index (κ1) is 12.8. The van der Waals surface area contributed by atoms with Crippen molar-refractivity contribution in [2.75, 3.05) is 6.79 Å². The molecule has 3 heterocycles. The summed E-state index contributed by atoms with van der Waals surface area (Å²) >= 11 is 1.34. The summed E-state index contributed by atoms with van der Waals surface area (Å²) in [6, 6.07) is 5.17. The van der Waals surface area contributed by atoms with E-state index in [9.17, 15) is 9.90 Å². The number of thiazole rings is 1. The molecule has 0 saturated carbocycles. The number of carbonyl (C=O) groups is 1. The Kier molecular flexibility index (Phi) is 2.79. The van der Waals surface area contributed by atoms with Gasteiger partial charge in [0.05, 0.1) is 0 Å². The summed E-state index contributed by atoms with van der Waals surface area (Å²) in [6.07, 6.45) is 1.62. The Labute approximate surface area is 127 Å². The van der Waals surface area contributed by atoms with Crippen molar-refractivity contribution >= 4 is 17.3 Å². The normalized spacial score (nSPS) is 12.5. The number of nitrogens with zero attached hydrogens (tertiary/aromatic N) is 4. The molecule has 1 aromatic carbocycles. The number of carboxylic acids is 1. The minimum Gasteiger partial charge on any atom is -0.476 e. The van der Waals surface area contributed by atoms with Crippen molar-refractivity contribution in [3.8, 4) is 27.9 Å². The summed E-state index contributed by atoms with van der Waals surface area (Å²) in [5.74, 6) is 0.0186. The van der Waals surface area contributed by atoms with Gasteiger partial charge < -0.3 is 14.6 Å². The van der Waals surface area contributed by atoms with Gasteiger partial charge in [-0.1, -0.05) is 5.21 Å². The average Bonchev–Trinajstić information content (AvgIpc) is 3.25. The van der Waals surface area contributed by atoms with E-state index in [0.717, 1.165) is 0 Å². The van der Waals surface area contributed by atoms with Crippen LogP contribution in [0.25, 0.3) is 16.4 Å². The second-order valence-electron chi connectivity index (χ2n) is 4.39. The summed E-state index contributed by atoms with van der Waals surface area (Å²) in [5.41, 5.74) is 0.816. The van der Waals surface area contributed by atoms with E-state index in [4.69, 9.17) is 9.47 Å². The van der Waals surface area contributed by atoms with Gasteiger partial charge in [0.25, 0.3) is 0 Å². The molecule has 1 aliphatic rings. The fourth-order valence-electron chi connectivity index (χ4n) is 2.18. The van der Waals surface area contributed by atoms with Crippen molar-refractivity contribution in [3.05, 3.63) is 35.5 Å². The van der Waals surface area contributed by atoms with Crippen LogP contribution in [0.15, 0.2) is 29.8 Å². The third kappa shape index (κ3) is 1.91. The van der Waals surface area contributed by atoms with Gasteiger partial charge in [-0.2, -0.15) is 4.68 Å². The van der Waals surface area contributed by atoms with Crippen LogP contribution in [0, 0.1) is 0 Å². The van der Waals surface area contributed by atoms with Gasteiger partial charge in [-0.15, -0.1) is 16.4 Å². The van der Waals surface area contributed by atoms with Crippen LogP contribution in [-0.2, 0) is 0 Å². The number of hydrogen-bond acceptors (Lipinski definition) is 7. The largest absolute Gasteiger partial charge is 0.476 e. The Bertz CT molecular complexity index is 859. The molecule has 0 amide bonds. The van der Waals surface area contributed by atoms with Crippen LogP contribution in [0.3, 0.4) is 0 Å². The first-order chi connectivity index (χ1) is 10.7. The summed E-state index contributed by atoms with van der Waals surface area (Å²) in [7, 11) is 0. The molecule has 8 nitrogen and oxygen atoms in total. The summed E-state index contributed by atoms with van der Waals surface area (Å²) in [4.78, 5) is 15.6. The highest BCUT2D eigenvalue weighted by atomic mass is 32.1. The zero-order valence-electron chi connectivity index (χ0n) is 11.0. The maximum Gasteiger partial charge on any atom is 0.358 e. The quantitative estimate of drug-likeness (QED) is 0.786. The van der Waals surface area contributed by atoms with Crippen LogP contribution in [-0.4, -0.2) is 37.8 Å². The van der Waals surface area contributed by atoms with Gasteiger partial charge in [-0.3, -0.25) is 0 Å². The monoisotopic (exact) mass is 316 g/mol. The number of fused-ring (bicyclic) bond motifs is 1. The maximum atomic E-state index is 11.4. The fourth-order valence-corrected chi connectivity index (χ4v) is 2.78. The zero-order chi connectivity index (χ0) is 15.1. The first-order valence-electron chi connectivity index (χ1n) is 6.23. The van der Waals surface area contributed by atoms with E-state index in [-0.39, 0.29) is 12.5 Å². The number of aromatic nitrogens is 4. The average molecular weight is 316 g/mol. The third-order valence-electron chi connectivity index (χ3n) is 3.12. The van der Waals surface area contributed by atoms with Crippen LogP contribution >= 0.6 is 11.3 Å². The molecule has 3 aromatic rings. The SMILES string of the molecule is O=C(O)c1nnn(-c2nccs2)c1-c1ccc2c(c1)OCO2. The molecule has 0 saturated heterocycles. The van der Waals surface area contributed by atoms with E-state index < -0.39 is 5.97 Å². The Morgan fingerprint density at radius 2 is 2.18 bits per heavy atom. The van der Waals surface area contributed by atoms with Crippen molar-refractivity contribution < 1.29 is 19.4 Å². The zero-order valence-corrected chi connectivity index (χ0v) is 11.8. The van der Waals surface area contributed by atoms with Crippen molar-refractivity contribution in [3.63, 3.8) is 0 Å². The lowest BCUT2D eigenvalue weighted by Gasteiger charge is -2.05. The van der Waals surface area contributed by atoms with Crippen molar-refractivity contribution in [2.24, 2.45) is 0 Å². The second-order valence-corrected chi connectivity index (χ2v) is 5.26. The second kappa shape index (κ2) is 4.81. The molecule has 0 fully saturated rings. The minimum atomic E-state index is -1.16. The number of benzene rings is 1. The molecule has 110 valence electrons. The molecule has 0 bridgehead atoms. The molecule has 1 aliphatic heterocycles. The molecule has 0 spiro atoms. The molecule has 2 aromatic heterocycles. The van der Waals surface area contributed by atoms with Crippen molar-refractivity contribution in [1.82, 2.24) is 20.0 Å². The summed E-state index contributed by atoms with van der Waals surface area (Å²) < 4.78 is 12.0. The van der Waals surface area contributed by atoms with E-state index in [1.807, 2.05) is 0 Å². The van der Waals surface area contributed by atoms with Crippen LogP contribution in [0.2, 0.25) is 0 Å². The number of carboxylic acid groups (broad SMARTS) is 1. The lowest BCUT2D eigenvalue weighted by molar-refractivity contribution is 0.0691. The lowest BCUT2D eigenvalue weighted by Crippen LogP contribution is -2.03. The molecule has 9 heteroatoms. The highest BCUT2D eigenvalue weighted by molar-refractivity contribution is 7.12. The van der Waals surface area contributed by atoms with Crippen LogP contribution < -0.4 is 9.47 Å². The van der Waals surface area contributed by atoms with Gasteiger partial charge in [-0.05, 0) is 18.2 Å². The predicted molar refractivity (Wildman–Crippen MR) is 75.5 cm³/mol. The van der Waals surface area contributed by atoms with Crippen LogP contribution in [0.5, 0.6) is 11.5 Å². The fraction of sp³-hybridized carbons (Fsp3) is 0.0769. The highest BCUT2D eigenvalue weighted by Gasteiger charge is 2.24. The van der Waals surface area contributed by atoms with Crippen LogP contribution in [0.4, 0.5) is 0 Å². The van der Waals surface area contributed by atoms with Crippen molar-refractivity contribution in [2.45, 2.75) is 0 Å². The predicted octanol–water partition coefficient (Wildman–Crippen LogP) is 1.82. The molecule has 22 heavy (non-hydrogen) atoms. The maximum absolute atomic E-state index is 11.4. The molecular weight excluding hydrogens is 308 g/mol. The van der Waals surface area contributed by atoms with E-state index in [2.05, 4.69) is 15.3 Å². The Balaban J connectivity index is 1.93. The number of aromatic carboxylic acids is 1. The van der Waals surface area contributed by atoms with E-state index in [1.165, 1.54) is 16.0 Å². The molecular formula is C13H8N4O4S.